The van der Waals surface area contributed by atoms with Crippen molar-refractivity contribution >= 4 is 34.3 Å². The third-order valence-electron chi connectivity index (χ3n) is 5.09. The number of furan rings is 1. The van der Waals surface area contributed by atoms with Crippen molar-refractivity contribution in [1.29, 1.82) is 0 Å². The summed E-state index contributed by atoms with van der Waals surface area (Å²) in [5.41, 5.74) is 0.821. The summed E-state index contributed by atoms with van der Waals surface area (Å²) >= 11 is 1.59. The van der Waals surface area contributed by atoms with Gasteiger partial charge in [-0.2, -0.15) is 4.98 Å². The van der Waals surface area contributed by atoms with Crippen LogP contribution in [-0.4, -0.2) is 52.0 Å². The van der Waals surface area contributed by atoms with E-state index in [4.69, 9.17) is 8.94 Å². The summed E-state index contributed by atoms with van der Waals surface area (Å²) in [4.78, 5) is 22.1. The van der Waals surface area contributed by atoms with E-state index in [1.807, 2.05) is 52.7 Å². The van der Waals surface area contributed by atoms with Crippen LogP contribution in [0.4, 0.5) is 0 Å². The Labute approximate surface area is 177 Å². The normalized spacial score (nSPS) is 15.4. The predicted molar refractivity (Wildman–Crippen MR) is 115 cm³/mol. The van der Waals surface area contributed by atoms with Crippen molar-refractivity contribution in [3.05, 3.63) is 65.6 Å². The lowest BCUT2D eigenvalue weighted by atomic mass is 10.2. The largest absolute Gasteiger partial charge is 0.457 e. The molecule has 8 heteroatoms. The van der Waals surface area contributed by atoms with E-state index in [1.54, 1.807) is 23.5 Å². The molecular formula is C22H20N4O3S. The van der Waals surface area contributed by atoms with Gasteiger partial charge in [-0.1, -0.05) is 29.4 Å². The molecule has 0 N–H and O–H groups in total. The Morgan fingerprint density at radius 2 is 2.00 bits per heavy atom. The molecule has 0 radical (unpaired) electrons. The number of para-hydroxylation sites is 1. The molecule has 1 amide bonds. The number of aromatic nitrogens is 2. The van der Waals surface area contributed by atoms with E-state index in [0.717, 1.165) is 28.9 Å². The summed E-state index contributed by atoms with van der Waals surface area (Å²) in [7, 11) is 0. The molecule has 0 unspecified atom stereocenters. The summed E-state index contributed by atoms with van der Waals surface area (Å²) in [5.74, 6) is 1.90. The molecule has 30 heavy (non-hydrogen) atoms. The number of carbonyl (C=O) groups is 1. The molecule has 7 nitrogen and oxygen atoms in total. The molecule has 0 saturated carbocycles. The Balaban J connectivity index is 1.14. The highest BCUT2D eigenvalue weighted by molar-refractivity contribution is 7.13. The number of fused-ring (bicyclic) bond motifs is 1. The first-order valence-electron chi connectivity index (χ1n) is 9.79. The van der Waals surface area contributed by atoms with E-state index in [2.05, 4.69) is 15.0 Å². The topological polar surface area (TPSA) is 75.6 Å². The quantitative estimate of drug-likeness (QED) is 0.456. The van der Waals surface area contributed by atoms with Crippen molar-refractivity contribution in [1.82, 2.24) is 19.9 Å². The lowest BCUT2D eigenvalue weighted by molar-refractivity contribution is -0.127. The second-order valence-corrected chi connectivity index (χ2v) is 8.06. The minimum atomic E-state index is -0.00659. The van der Waals surface area contributed by atoms with Crippen LogP contribution in [-0.2, 0) is 11.3 Å². The number of hydrogen-bond donors (Lipinski definition) is 0. The number of nitrogens with zero attached hydrogens (tertiary/aromatic N) is 4. The Morgan fingerprint density at radius 3 is 2.80 bits per heavy atom. The van der Waals surface area contributed by atoms with Crippen LogP contribution in [0.3, 0.4) is 0 Å². The van der Waals surface area contributed by atoms with Gasteiger partial charge in [-0.3, -0.25) is 9.69 Å². The third kappa shape index (κ3) is 4.05. The van der Waals surface area contributed by atoms with Gasteiger partial charge in [-0.25, -0.2) is 0 Å². The second-order valence-electron chi connectivity index (χ2n) is 7.11. The highest BCUT2D eigenvalue weighted by atomic mass is 32.1. The Hall–Kier alpha value is -3.23. The molecule has 1 aliphatic rings. The monoisotopic (exact) mass is 420 g/mol. The van der Waals surface area contributed by atoms with Crippen LogP contribution in [0.25, 0.3) is 27.7 Å². The Kier molecular flexibility index (Phi) is 5.17. The molecule has 0 aliphatic carbocycles. The van der Waals surface area contributed by atoms with Gasteiger partial charge in [0.05, 0.1) is 11.4 Å². The van der Waals surface area contributed by atoms with E-state index in [9.17, 15) is 4.79 Å². The van der Waals surface area contributed by atoms with E-state index in [0.29, 0.717) is 37.1 Å². The molecule has 0 spiro atoms. The van der Waals surface area contributed by atoms with E-state index in [1.165, 1.54) is 0 Å². The maximum atomic E-state index is 12.5. The van der Waals surface area contributed by atoms with Gasteiger partial charge >= 0.3 is 0 Å². The molecule has 4 aromatic rings. The number of piperazine rings is 1. The average Bonchev–Trinajstić information content (AvgIpc) is 3.52. The molecule has 1 aliphatic heterocycles. The van der Waals surface area contributed by atoms with Crippen molar-refractivity contribution in [2.75, 3.05) is 26.2 Å². The fraction of sp³-hybridized carbons (Fsp3) is 0.227. The van der Waals surface area contributed by atoms with Crippen LogP contribution < -0.4 is 0 Å². The molecule has 3 aromatic heterocycles. The van der Waals surface area contributed by atoms with Gasteiger partial charge in [-0.05, 0) is 29.7 Å². The Bertz CT molecular complexity index is 1140. The van der Waals surface area contributed by atoms with Gasteiger partial charge < -0.3 is 13.8 Å². The first kappa shape index (κ1) is 18.8. The van der Waals surface area contributed by atoms with Gasteiger partial charge in [0.2, 0.25) is 17.6 Å². The lowest BCUT2D eigenvalue weighted by Gasteiger charge is -2.33. The molecule has 4 heterocycles. The van der Waals surface area contributed by atoms with Crippen LogP contribution in [0.2, 0.25) is 0 Å². The van der Waals surface area contributed by atoms with Crippen LogP contribution in [0.1, 0.15) is 11.7 Å². The number of thiophene rings is 1. The van der Waals surface area contributed by atoms with E-state index >= 15 is 0 Å². The number of amides is 1. The highest BCUT2D eigenvalue weighted by Gasteiger charge is 2.21. The zero-order valence-electron chi connectivity index (χ0n) is 16.2. The average molecular weight is 420 g/mol. The molecule has 0 atom stereocenters. The maximum Gasteiger partial charge on any atom is 0.246 e. The van der Waals surface area contributed by atoms with Crippen LogP contribution >= 0.6 is 11.3 Å². The lowest BCUT2D eigenvalue weighted by Crippen LogP contribution is -2.47. The fourth-order valence-corrected chi connectivity index (χ4v) is 4.14. The van der Waals surface area contributed by atoms with Crippen molar-refractivity contribution in [3.8, 4) is 10.7 Å². The van der Waals surface area contributed by atoms with Crippen LogP contribution in [0.15, 0.2) is 62.9 Å². The van der Waals surface area contributed by atoms with Gasteiger partial charge in [0.25, 0.3) is 0 Å². The molecule has 1 aromatic carbocycles. The predicted octanol–water partition coefficient (Wildman–Crippen LogP) is 3.90. The number of benzene rings is 1. The van der Waals surface area contributed by atoms with Gasteiger partial charge in [0.1, 0.15) is 11.3 Å². The third-order valence-corrected chi connectivity index (χ3v) is 5.95. The summed E-state index contributed by atoms with van der Waals surface area (Å²) in [5, 5.41) is 7.07. The van der Waals surface area contributed by atoms with Crippen molar-refractivity contribution < 1.29 is 13.7 Å². The molecule has 1 saturated heterocycles. The first-order chi connectivity index (χ1) is 14.7. The molecule has 152 valence electrons. The smallest absolute Gasteiger partial charge is 0.246 e. The van der Waals surface area contributed by atoms with Gasteiger partial charge in [-0.15, -0.1) is 11.3 Å². The summed E-state index contributed by atoms with van der Waals surface area (Å²) in [6, 6.07) is 13.7. The fourth-order valence-electron chi connectivity index (χ4n) is 3.49. The van der Waals surface area contributed by atoms with Gasteiger partial charge in [0.15, 0.2) is 0 Å². The van der Waals surface area contributed by atoms with Crippen molar-refractivity contribution in [3.63, 3.8) is 0 Å². The second kappa shape index (κ2) is 8.25. The van der Waals surface area contributed by atoms with E-state index < -0.39 is 0 Å². The summed E-state index contributed by atoms with van der Waals surface area (Å²) in [6.45, 7) is 3.45. The maximum absolute atomic E-state index is 12.5. The minimum Gasteiger partial charge on any atom is -0.457 e. The minimum absolute atomic E-state index is 0.00659. The van der Waals surface area contributed by atoms with Crippen LogP contribution in [0, 0.1) is 0 Å². The molecule has 0 bridgehead atoms. The summed E-state index contributed by atoms with van der Waals surface area (Å²) < 4.78 is 11.1. The van der Waals surface area contributed by atoms with Crippen LogP contribution in [0.5, 0.6) is 0 Å². The standard InChI is InChI=1S/C22H20N4O3S/c27-21(8-7-17-14-16-4-1-2-5-18(16)28-17)26-11-9-25(10-12-26)15-20-23-22(24-29-20)19-6-3-13-30-19/h1-8,13-14H,9-12,15H2/b8-7+. The number of rotatable bonds is 5. The van der Waals surface area contributed by atoms with Crippen molar-refractivity contribution in [2.45, 2.75) is 6.54 Å². The first-order valence-corrected chi connectivity index (χ1v) is 10.7. The Morgan fingerprint density at radius 1 is 1.13 bits per heavy atom. The SMILES string of the molecule is O=C(/C=C/c1cc2ccccc2o1)N1CCN(Cc2nc(-c3cccs3)no2)CC1. The zero-order valence-corrected chi connectivity index (χ0v) is 17.0. The molecular weight excluding hydrogens is 400 g/mol. The zero-order chi connectivity index (χ0) is 20.3. The van der Waals surface area contributed by atoms with E-state index in [-0.39, 0.29) is 5.91 Å². The van der Waals surface area contributed by atoms with Crippen molar-refractivity contribution in [2.24, 2.45) is 0 Å². The van der Waals surface area contributed by atoms with Gasteiger partial charge in [0, 0.05) is 37.6 Å². The number of hydrogen-bond acceptors (Lipinski definition) is 7. The molecule has 5 rings (SSSR count). The molecule has 1 fully saturated rings. The number of carbonyl (C=O) groups excluding carboxylic acids is 1. The highest BCUT2D eigenvalue weighted by Crippen LogP contribution is 2.22. The summed E-state index contributed by atoms with van der Waals surface area (Å²) in [6.07, 6.45) is 3.32.